The predicted molar refractivity (Wildman–Crippen MR) is 76.0 cm³/mol. The molecular formula is C15H16Sn. The van der Waals surface area contributed by atoms with Gasteiger partial charge < -0.3 is 0 Å². The average molecular weight is 315 g/mol. The Bertz CT molecular complexity index is 466. The van der Waals surface area contributed by atoms with Crippen molar-refractivity contribution in [2.75, 3.05) is 0 Å². The van der Waals surface area contributed by atoms with Gasteiger partial charge in [-0.05, 0) is 0 Å². The third kappa shape index (κ3) is 2.56. The second-order valence-corrected chi connectivity index (χ2v) is 8.23. The van der Waals surface area contributed by atoms with Gasteiger partial charge in [0.25, 0.3) is 0 Å². The normalized spacial score (nSPS) is 10.8. The summed E-state index contributed by atoms with van der Waals surface area (Å²) in [4.78, 5) is 2.38. The van der Waals surface area contributed by atoms with Crippen molar-refractivity contribution < 1.29 is 0 Å². The molecule has 0 unspecified atom stereocenters. The molecule has 0 saturated carbocycles. The van der Waals surface area contributed by atoms with E-state index in [1.54, 1.807) is 3.58 Å². The minimum absolute atomic E-state index is 0.602. The first-order valence-corrected chi connectivity index (χ1v) is 11.7. The van der Waals surface area contributed by atoms with E-state index in [0.717, 1.165) is 0 Å². The summed E-state index contributed by atoms with van der Waals surface area (Å²) in [5.41, 5.74) is 3.76. The Hall–Kier alpha value is -1.02. The van der Waals surface area contributed by atoms with Crippen molar-refractivity contribution in [2.24, 2.45) is 0 Å². The minimum atomic E-state index is -0.602. The van der Waals surface area contributed by atoms with E-state index in [-0.39, 0.29) is 0 Å². The third-order valence-corrected chi connectivity index (χ3v) is 6.52. The molecule has 0 amide bonds. The summed E-state index contributed by atoms with van der Waals surface area (Å²) in [7, 11) is 0. The van der Waals surface area contributed by atoms with E-state index >= 15 is 0 Å². The summed E-state index contributed by atoms with van der Waals surface area (Å²) in [6.07, 6.45) is 1.87. The molecule has 0 heterocycles. The monoisotopic (exact) mass is 316 g/mol. The van der Waals surface area contributed by atoms with Crippen molar-refractivity contribution >= 4 is 30.8 Å². The zero-order valence-electron chi connectivity index (χ0n) is 9.61. The molecule has 0 radical (unpaired) electrons. The Morgan fingerprint density at radius 2 is 1.38 bits per heavy atom. The SMILES string of the molecule is C=Cc1ccc(-c2cc[c]([SnH2][CH3])cc2)cc1. The molecule has 0 bridgehead atoms. The molecule has 80 valence electrons. The summed E-state index contributed by atoms with van der Waals surface area (Å²) in [6, 6.07) is 17.6. The second kappa shape index (κ2) is 5.35. The zero-order chi connectivity index (χ0) is 11.4. The van der Waals surface area contributed by atoms with Gasteiger partial charge in [0.15, 0.2) is 0 Å². The van der Waals surface area contributed by atoms with E-state index in [9.17, 15) is 0 Å². The Labute approximate surface area is 107 Å². The molecule has 1 heteroatoms. The van der Waals surface area contributed by atoms with E-state index in [1.165, 1.54) is 16.7 Å². The maximum absolute atomic E-state index is 3.76. The third-order valence-electron chi connectivity index (χ3n) is 2.84. The molecule has 0 spiro atoms. The predicted octanol–water partition coefficient (Wildman–Crippen LogP) is 2.84. The van der Waals surface area contributed by atoms with Crippen molar-refractivity contribution in [3.8, 4) is 11.1 Å². The van der Waals surface area contributed by atoms with Crippen LogP contribution in [0.25, 0.3) is 17.2 Å². The van der Waals surface area contributed by atoms with Gasteiger partial charge in [0.2, 0.25) is 0 Å². The number of benzene rings is 2. The van der Waals surface area contributed by atoms with Crippen molar-refractivity contribution in [2.45, 2.75) is 4.94 Å². The van der Waals surface area contributed by atoms with Crippen molar-refractivity contribution in [1.82, 2.24) is 0 Å². The molecule has 0 saturated heterocycles. The first-order chi connectivity index (χ1) is 7.83. The first-order valence-electron chi connectivity index (χ1n) is 5.65. The number of rotatable bonds is 3. The van der Waals surface area contributed by atoms with Gasteiger partial charge in [0.05, 0.1) is 0 Å². The van der Waals surface area contributed by atoms with Crippen molar-refractivity contribution in [3.63, 3.8) is 0 Å². The molecule has 0 aliphatic carbocycles. The van der Waals surface area contributed by atoms with Crippen LogP contribution in [0.1, 0.15) is 5.56 Å². The van der Waals surface area contributed by atoms with Crippen LogP contribution in [0, 0.1) is 0 Å². The Kier molecular flexibility index (Phi) is 3.83. The molecule has 2 aromatic carbocycles. The molecule has 16 heavy (non-hydrogen) atoms. The van der Waals surface area contributed by atoms with E-state index in [4.69, 9.17) is 0 Å². The first kappa shape index (κ1) is 11.5. The molecule has 0 aliphatic rings. The molecule has 0 aliphatic heterocycles. The van der Waals surface area contributed by atoms with Gasteiger partial charge in [-0.25, -0.2) is 0 Å². The van der Waals surface area contributed by atoms with E-state index < -0.39 is 21.1 Å². The van der Waals surface area contributed by atoms with Gasteiger partial charge in [0, 0.05) is 0 Å². The van der Waals surface area contributed by atoms with E-state index in [1.807, 2.05) is 6.08 Å². The standard InChI is InChI=1S/C14H11.CH3.Sn.2H/c1-2-12-8-10-14(11-9-12)13-6-4-3-5-7-13;;;;/h2,4-11H,1H2;1H3;;;. The summed E-state index contributed by atoms with van der Waals surface area (Å²) in [5, 5.41) is 0. The Morgan fingerprint density at radius 3 is 1.81 bits per heavy atom. The Balaban J connectivity index is 2.31. The van der Waals surface area contributed by atoms with Crippen LogP contribution < -0.4 is 3.58 Å². The molecular weight excluding hydrogens is 299 g/mol. The fraction of sp³-hybridized carbons (Fsp3) is 0.0667. The van der Waals surface area contributed by atoms with Crippen LogP contribution in [0.5, 0.6) is 0 Å². The van der Waals surface area contributed by atoms with Crippen LogP contribution in [0.4, 0.5) is 0 Å². The van der Waals surface area contributed by atoms with Gasteiger partial charge >= 0.3 is 108 Å². The number of hydrogen-bond acceptors (Lipinski definition) is 0. The topological polar surface area (TPSA) is 0 Å². The molecule has 0 aromatic heterocycles. The van der Waals surface area contributed by atoms with Crippen LogP contribution in [0.2, 0.25) is 4.94 Å². The molecule has 0 N–H and O–H groups in total. The fourth-order valence-electron chi connectivity index (χ4n) is 1.74. The molecule has 0 atom stereocenters. The molecule has 2 aromatic rings. The summed E-state index contributed by atoms with van der Waals surface area (Å²) < 4.78 is 1.59. The van der Waals surface area contributed by atoms with Crippen LogP contribution in [-0.2, 0) is 0 Å². The van der Waals surface area contributed by atoms with Crippen LogP contribution in [0.15, 0.2) is 55.1 Å². The van der Waals surface area contributed by atoms with Crippen molar-refractivity contribution in [1.29, 1.82) is 0 Å². The second-order valence-electron chi connectivity index (χ2n) is 3.88. The van der Waals surface area contributed by atoms with Crippen LogP contribution in [0.3, 0.4) is 0 Å². The van der Waals surface area contributed by atoms with Gasteiger partial charge in [0.1, 0.15) is 0 Å². The van der Waals surface area contributed by atoms with Crippen LogP contribution >= 0.6 is 0 Å². The summed E-state index contributed by atoms with van der Waals surface area (Å²) in [5.74, 6) is 0. The summed E-state index contributed by atoms with van der Waals surface area (Å²) >= 11 is -0.602. The van der Waals surface area contributed by atoms with Crippen molar-refractivity contribution in [3.05, 3.63) is 60.7 Å². The average Bonchev–Trinajstić information content (AvgIpc) is 2.39. The van der Waals surface area contributed by atoms with Gasteiger partial charge in [-0.2, -0.15) is 0 Å². The van der Waals surface area contributed by atoms with E-state index in [2.05, 4.69) is 60.0 Å². The maximum atomic E-state index is 3.76. The molecule has 0 nitrogen and oxygen atoms in total. The zero-order valence-corrected chi connectivity index (χ0v) is 13.6. The summed E-state index contributed by atoms with van der Waals surface area (Å²) in [6.45, 7) is 3.76. The Morgan fingerprint density at radius 1 is 0.875 bits per heavy atom. The quantitative estimate of drug-likeness (QED) is 0.764. The van der Waals surface area contributed by atoms with E-state index in [0.29, 0.717) is 0 Å². The molecule has 2 rings (SSSR count). The van der Waals surface area contributed by atoms with Gasteiger partial charge in [-0.1, -0.05) is 0 Å². The van der Waals surface area contributed by atoms with Gasteiger partial charge in [-0.3, -0.25) is 0 Å². The molecule has 0 fully saturated rings. The number of hydrogen-bond donors (Lipinski definition) is 0. The fourth-order valence-corrected chi connectivity index (χ4v) is 3.76. The van der Waals surface area contributed by atoms with Gasteiger partial charge in [-0.15, -0.1) is 0 Å². The van der Waals surface area contributed by atoms with Crippen LogP contribution in [-0.4, -0.2) is 21.1 Å².